The van der Waals surface area contributed by atoms with Crippen molar-refractivity contribution in [2.24, 2.45) is 0 Å². The smallest absolute Gasteiger partial charge is 0.264 e. The molecule has 0 fully saturated rings. The Balaban J connectivity index is 1.56. The molecule has 0 aliphatic heterocycles. The van der Waals surface area contributed by atoms with Gasteiger partial charge in [0.15, 0.2) is 11.5 Å². The molecule has 0 spiro atoms. The summed E-state index contributed by atoms with van der Waals surface area (Å²) >= 11 is 0. The molecule has 0 radical (unpaired) electrons. The lowest BCUT2D eigenvalue weighted by molar-refractivity contribution is -0.114. The molecule has 0 saturated heterocycles. The maximum atomic E-state index is 13.9. The maximum absolute atomic E-state index is 13.9. The molecular weight excluding hydrogens is 554 g/mol. The van der Waals surface area contributed by atoms with Crippen molar-refractivity contribution < 1.29 is 27.5 Å². The summed E-state index contributed by atoms with van der Waals surface area (Å²) in [5.41, 5.74) is 2.86. The second kappa shape index (κ2) is 13.7. The number of aryl methyl sites for hydroxylation is 1. The minimum absolute atomic E-state index is 0.0771. The first-order valence-electron chi connectivity index (χ1n) is 13.3. The van der Waals surface area contributed by atoms with Crippen molar-refractivity contribution in [3.05, 3.63) is 114 Å². The van der Waals surface area contributed by atoms with Gasteiger partial charge in [-0.25, -0.2) is 8.42 Å². The third-order valence-electron chi connectivity index (χ3n) is 6.54. The van der Waals surface area contributed by atoms with Crippen molar-refractivity contribution in [2.45, 2.75) is 18.2 Å². The Bertz CT molecular complexity index is 1640. The highest BCUT2D eigenvalue weighted by Gasteiger charge is 2.29. The van der Waals surface area contributed by atoms with Crippen LogP contribution in [0.1, 0.15) is 21.5 Å². The average molecular weight is 588 g/mol. The molecule has 10 heteroatoms. The molecule has 0 atom stereocenters. The average Bonchev–Trinajstić information content (AvgIpc) is 3.00. The molecule has 2 N–H and O–H groups in total. The summed E-state index contributed by atoms with van der Waals surface area (Å²) < 4.78 is 39.3. The van der Waals surface area contributed by atoms with Crippen LogP contribution in [0.3, 0.4) is 0 Å². The number of hydrogen-bond acceptors (Lipinski definition) is 6. The van der Waals surface area contributed by atoms with Crippen LogP contribution in [-0.4, -0.2) is 47.5 Å². The molecule has 0 saturated carbocycles. The maximum Gasteiger partial charge on any atom is 0.264 e. The highest BCUT2D eigenvalue weighted by atomic mass is 32.2. The number of anilines is 2. The molecule has 4 aromatic rings. The van der Waals surface area contributed by atoms with Crippen LogP contribution in [0.2, 0.25) is 0 Å². The molecule has 0 aliphatic carbocycles. The molecule has 0 heterocycles. The molecule has 9 nitrogen and oxygen atoms in total. The highest BCUT2D eigenvalue weighted by molar-refractivity contribution is 7.92. The van der Waals surface area contributed by atoms with Gasteiger partial charge in [-0.05, 0) is 55.3 Å². The van der Waals surface area contributed by atoms with Crippen molar-refractivity contribution in [3.8, 4) is 11.5 Å². The third kappa shape index (κ3) is 7.27. The second-order valence-electron chi connectivity index (χ2n) is 9.45. The third-order valence-corrected chi connectivity index (χ3v) is 8.31. The van der Waals surface area contributed by atoms with Gasteiger partial charge in [0.2, 0.25) is 5.91 Å². The largest absolute Gasteiger partial charge is 0.493 e. The van der Waals surface area contributed by atoms with Gasteiger partial charge in [0, 0.05) is 12.6 Å². The highest BCUT2D eigenvalue weighted by Crippen LogP contribution is 2.32. The number of amides is 2. The van der Waals surface area contributed by atoms with Crippen molar-refractivity contribution >= 4 is 33.2 Å². The Labute approximate surface area is 246 Å². The van der Waals surface area contributed by atoms with Crippen molar-refractivity contribution in [1.29, 1.82) is 0 Å². The van der Waals surface area contributed by atoms with Crippen molar-refractivity contribution in [3.63, 3.8) is 0 Å². The molecular formula is C32H33N3O6S. The van der Waals surface area contributed by atoms with E-state index in [0.717, 1.165) is 15.4 Å². The van der Waals surface area contributed by atoms with Gasteiger partial charge < -0.3 is 20.1 Å². The van der Waals surface area contributed by atoms with Gasteiger partial charge in [0.25, 0.3) is 15.9 Å². The number of sulfonamides is 1. The fourth-order valence-electron chi connectivity index (χ4n) is 4.30. The second-order valence-corrected chi connectivity index (χ2v) is 11.3. The van der Waals surface area contributed by atoms with Crippen molar-refractivity contribution in [2.75, 3.05) is 36.9 Å². The number of methoxy groups -OCH3 is 2. The van der Waals surface area contributed by atoms with Crippen LogP contribution in [-0.2, 0) is 21.2 Å². The number of nitrogens with one attached hydrogen (secondary N) is 2. The fourth-order valence-corrected chi connectivity index (χ4v) is 5.74. The molecule has 218 valence electrons. The lowest BCUT2D eigenvalue weighted by atomic mass is 10.1. The summed E-state index contributed by atoms with van der Waals surface area (Å²) in [5, 5.41) is 5.61. The minimum atomic E-state index is -4.22. The lowest BCUT2D eigenvalue weighted by Gasteiger charge is -2.25. The Morgan fingerprint density at radius 2 is 1.48 bits per heavy atom. The van der Waals surface area contributed by atoms with Crippen molar-refractivity contribution in [1.82, 2.24) is 5.32 Å². The summed E-state index contributed by atoms with van der Waals surface area (Å²) in [5.74, 6) is -0.367. The van der Waals surface area contributed by atoms with E-state index < -0.39 is 22.5 Å². The SMILES string of the molecule is COc1ccc(S(=O)(=O)N(CC(=O)Nc2ccccc2C(=O)NCCc2ccccc2)c2ccc(C)cc2)cc1OC. The number of carbonyl (C=O) groups excluding carboxylic acids is 2. The zero-order chi connectivity index (χ0) is 30.1. The van der Waals surface area contributed by atoms with E-state index in [1.165, 1.54) is 32.4 Å². The Hall–Kier alpha value is -4.83. The Morgan fingerprint density at radius 3 is 2.17 bits per heavy atom. The van der Waals surface area contributed by atoms with Crippen LogP contribution >= 0.6 is 0 Å². The number of hydrogen-bond donors (Lipinski definition) is 2. The monoisotopic (exact) mass is 587 g/mol. The Kier molecular flexibility index (Phi) is 9.82. The number of nitrogens with zero attached hydrogens (tertiary/aromatic N) is 1. The zero-order valence-corrected chi connectivity index (χ0v) is 24.5. The van der Waals surface area contributed by atoms with Crippen LogP contribution in [0.5, 0.6) is 11.5 Å². The number of para-hydroxylation sites is 1. The van der Waals surface area contributed by atoms with Gasteiger partial charge in [-0.2, -0.15) is 0 Å². The van der Waals surface area contributed by atoms with E-state index in [9.17, 15) is 18.0 Å². The van der Waals surface area contributed by atoms with Crippen LogP contribution in [0, 0.1) is 6.92 Å². The standard InChI is InChI=1S/C32H33N3O6S/c1-23-13-15-25(16-14-23)35(42(38,39)26-17-18-29(40-2)30(21-26)41-3)22-31(36)34-28-12-8-7-11-27(28)32(37)33-20-19-24-9-5-4-6-10-24/h4-18,21H,19-20,22H2,1-3H3,(H,33,37)(H,34,36). The van der Waals surface area contributed by atoms with Crippen LogP contribution in [0.25, 0.3) is 0 Å². The first-order valence-corrected chi connectivity index (χ1v) is 14.7. The van der Waals surface area contributed by atoms with Crippen LogP contribution in [0.15, 0.2) is 102 Å². The topological polar surface area (TPSA) is 114 Å². The first-order chi connectivity index (χ1) is 20.2. The summed E-state index contributed by atoms with van der Waals surface area (Å²) in [4.78, 5) is 26.2. The van der Waals surface area contributed by atoms with Gasteiger partial charge in [-0.15, -0.1) is 0 Å². The quantitative estimate of drug-likeness (QED) is 0.246. The number of benzene rings is 4. The molecule has 4 aromatic carbocycles. The minimum Gasteiger partial charge on any atom is -0.493 e. The van der Waals surface area contributed by atoms with Gasteiger partial charge in [0.05, 0.1) is 36.1 Å². The molecule has 0 unspecified atom stereocenters. The number of rotatable bonds is 12. The Morgan fingerprint density at radius 1 is 0.810 bits per heavy atom. The first kappa shape index (κ1) is 30.1. The lowest BCUT2D eigenvalue weighted by Crippen LogP contribution is -2.38. The van der Waals surface area contributed by atoms with E-state index in [0.29, 0.717) is 24.4 Å². The number of ether oxygens (including phenoxy) is 2. The molecule has 0 aromatic heterocycles. The predicted octanol–water partition coefficient (Wildman–Crippen LogP) is 4.82. The molecule has 42 heavy (non-hydrogen) atoms. The van der Waals surface area contributed by atoms with Gasteiger partial charge in [-0.3, -0.25) is 13.9 Å². The van der Waals surface area contributed by atoms with E-state index in [2.05, 4.69) is 10.6 Å². The zero-order valence-electron chi connectivity index (χ0n) is 23.7. The normalized spacial score (nSPS) is 10.9. The predicted molar refractivity (Wildman–Crippen MR) is 163 cm³/mol. The van der Waals surface area contributed by atoms with Gasteiger partial charge >= 0.3 is 0 Å². The van der Waals surface area contributed by atoms with E-state index >= 15 is 0 Å². The molecule has 0 bridgehead atoms. The summed E-state index contributed by atoms with van der Waals surface area (Å²) in [6, 6.07) is 27.4. The van der Waals surface area contributed by atoms with E-state index in [4.69, 9.17) is 9.47 Å². The fraction of sp³-hybridized carbons (Fsp3) is 0.188. The van der Waals surface area contributed by atoms with E-state index in [1.807, 2.05) is 37.3 Å². The molecule has 0 aliphatic rings. The number of carbonyl (C=O) groups is 2. The summed E-state index contributed by atoms with van der Waals surface area (Å²) in [7, 11) is -1.35. The van der Waals surface area contributed by atoms with Gasteiger partial charge in [0.1, 0.15) is 6.54 Å². The molecule has 4 rings (SSSR count). The van der Waals surface area contributed by atoms with E-state index in [1.54, 1.807) is 48.5 Å². The molecule has 2 amide bonds. The summed E-state index contributed by atoms with van der Waals surface area (Å²) in [6.07, 6.45) is 0.653. The van der Waals surface area contributed by atoms with Crippen LogP contribution < -0.4 is 24.4 Å². The summed E-state index contributed by atoms with van der Waals surface area (Å²) in [6.45, 7) is 1.76. The van der Waals surface area contributed by atoms with E-state index in [-0.39, 0.29) is 27.8 Å². The van der Waals surface area contributed by atoms with Crippen LogP contribution in [0.4, 0.5) is 11.4 Å². The van der Waals surface area contributed by atoms with Gasteiger partial charge in [-0.1, -0.05) is 60.2 Å².